The lowest BCUT2D eigenvalue weighted by molar-refractivity contribution is 0.568. The molecule has 0 N–H and O–H groups in total. The molecule has 1 aliphatic carbocycles. The second-order valence-corrected chi connectivity index (χ2v) is 29.7. The van der Waals surface area contributed by atoms with E-state index in [0.717, 1.165) is 56.2 Å². The summed E-state index contributed by atoms with van der Waals surface area (Å²) in [6.45, 7) is 2.45. The second-order valence-electron chi connectivity index (χ2n) is 28.6. The van der Waals surface area contributed by atoms with Crippen molar-refractivity contribution in [1.29, 1.82) is 0 Å². The highest BCUT2D eigenvalue weighted by molar-refractivity contribution is 7.25. The van der Waals surface area contributed by atoms with E-state index in [4.69, 9.17) is 4.42 Å². The molecule has 3 heteroatoms. The molecular formula is C100H63NOS. The van der Waals surface area contributed by atoms with Crippen molar-refractivity contribution in [2.45, 2.75) is 25.2 Å². The smallest absolute Gasteiger partial charge is 0.135 e. The molecule has 18 aromatic carbocycles. The molecule has 21 aromatic rings. The van der Waals surface area contributed by atoms with Crippen molar-refractivity contribution in [3.05, 3.63) is 356 Å². The van der Waals surface area contributed by atoms with Crippen LogP contribution in [-0.4, -0.2) is 4.57 Å². The van der Waals surface area contributed by atoms with Crippen LogP contribution in [0.15, 0.2) is 344 Å². The summed E-state index contributed by atoms with van der Waals surface area (Å²) in [4.78, 5) is 0. The molecular weight excluding hydrogens is 1260 g/mol. The summed E-state index contributed by atoms with van der Waals surface area (Å²) in [7, 11) is 0. The Morgan fingerprint density at radius 2 is 0.728 bits per heavy atom. The molecule has 2 nitrogen and oxygen atoms in total. The fourth-order valence-electron chi connectivity index (χ4n) is 18.0. The van der Waals surface area contributed by atoms with Gasteiger partial charge in [0.15, 0.2) is 0 Å². The van der Waals surface area contributed by atoms with Crippen LogP contribution in [0, 0.1) is 0 Å². The number of hydrogen-bond acceptors (Lipinski definition) is 2. The van der Waals surface area contributed by atoms with E-state index < -0.39 is 0 Å². The fraction of sp³-hybridized carbons (Fsp3) is 0.0400. The summed E-state index contributed by atoms with van der Waals surface area (Å²) >= 11 is 1.88. The molecule has 480 valence electrons. The molecule has 0 spiro atoms. The number of rotatable bonds is 8. The minimum atomic E-state index is 0.268. The Balaban J connectivity index is 0.640. The first-order valence-electron chi connectivity index (χ1n) is 36.0. The Bertz CT molecular complexity index is 7160. The third-order valence-electron chi connectivity index (χ3n) is 23.1. The van der Waals surface area contributed by atoms with Gasteiger partial charge < -0.3 is 8.98 Å². The first-order chi connectivity index (χ1) is 50.9. The molecule has 0 fully saturated rings. The van der Waals surface area contributed by atoms with Crippen LogP contribution in [-0.2, 0) is 6.42 Å². The van der Waals surface area contributed by atoms with Gasteiger partial charge in [-0.05, 0) is 257 Å². The summed E-state index contributed by atoms with van der Waals surface area (Å²) in [5, 5.41) is 22.5. The molecule has 0 unspecified atom stereocenters. The Morgan fingerprint density at radius 1 is 0.282 bits per heavy atom. The lowest BCUT2D eigenvalue weighted by Crippen LogP contribution is -2.17. The van der Waals surface area contributed by atoms with Crippen molar-refractivity contribution >= 4 is 140 Å². The first kappa shape index (κ1) is 58.2. The van der Waals surface area contributed by atoms with Gasteiger partial charge in [-0.1, -0.05) is 256 Å². The number of nitrogens with zero attached hydrogens (tertiary/aromatic N) is 1. The molecule has 0 saturated heterocycles. The van der Waals surface area contributed by atoms with E-state index in [2.05, 4.69) is 345 Å². The van der Waals surface area contributed by atoms with E-state index in [1.807, 2.05) is 17.4 Å². The molecule has 3 aromatic heterocycles. The minimum Gasteiger partial charge on any atom is -0.456 e. The van der Waals surface area contributed by atoms with Gasteiger partial charge in [0, 0.05) is 47.4 Å². The predicted octanol–water partition coefficient (Wildman–Crippen LogP) is 28.4. The molecule has 22 rings (SSSR count). The van der Waals surface area contributed by atoms with Crippen LogP contribution in [0.4, 0.5) is 0 Å². The van der Waals surface area contributed by atoms with Gasteiger partial charge in [-0.25, -0.2) is 0 Å². The quantitative estimate of drug-likeness (QED) is 0.139. The van der Waals surface area contributed by atoms with E-state index >= 15 is 0 Å². The highest BCUT2D eigenvalue weighted by Crippen LogP contribution is 2.50. The average molecular weight is 1330 g/mol. The van der Waals surface area contributed by atoms with E-state index in [0.29, 0.717) is 5.92 Å². The molecule has 0 radical (unpaired) electrons. The summed E-state index contributed by atoms with van der Waals surface area (Å²) in [5.41, 5.74) is 24.2. The first-order valence-corrected chi connectivity index (χ1v) is 36.8. The highest BCUT2D eigenvalue weighted by Gasteiger charge is 2.31. The number of fused-ring (bicyclic) bond motifs is 24. The van der Waals surface area contributed by atoms with Gasteiger partial charge in [0.2, 0.25) is 0 Å². The number of furan rings is 1. The highest BCUT2D eigenvalue weighted by atomic mass is 32.1. The maximum atomic E-state index is 6.33. The second kappa shape index (κ2) is 22.7. The molecule has 0 aliphatic heterocycles. The Kier molecular flexibility index (Phi) is 12.8. The summed E-state index contributed by atoms with van der Waals surface area (Å²) in [6.07, 6.45) is 0.997. The van der Waals surface area contributed by atoms with E-state index in [9.17, 15) is 0 Å². The Hall–Kier alpha value is -12.7. The van der Waals surface area contributed by atoms with E-state index in [1.165, 1.54) is 168 Å². The van der Waals surface area contributed by atoms with Crippen LogP contribution in [0.25, 0.3) is 201 Å². The van der Waals surface area contributed by atoms with Gasteiger partial charge in [-0.3, -0.25) is 0 Å². The number of hydrogen-bond donors (Lipinski definition) is 0. The summed E-state index contributed by atoms with van der Waals surface area (Å²) in [6, 6.07) is 128. The zero-order valence-corrected chi connectivity index (χ0v) is 57.3. The van der Waals surface area contributed by atoms with Gasteiger partial charge in [0.25, 0.3) is 0 Å². The van der Waals surface area contributed by atoms with Crippen LogP contribution < -0.4 is 0 Å². The van der Waals surface area contributed by atoms with Crippen LogP contribution in [0.3, 0.4) is 0 Å². The van der Waals surface area contributed by atoms with Gasteiger partial charge in [-0.15, -0.1) is 11.3 Å². The van der Waals surface area contributed by atoms with Crippen LogP contribution in [0.5, 0.6) is 0 Å². The lowest BCUT2D eigenvalue weighted by Gasteiger charge is -2.33. The number of aromatic nitrogens is 1. The maximum absolute atomic E-state index is 6.33. The molecule has 1 aliphatic rings. The van der Waals surface area contributed by atoms with E-state index in [-0.39, 0.29) is 5.92 Å². The van der Waals surface area contributed by atoms with Crippen molar-refractivity contribution in [3.63, 3.8) is 0 Å². The van der Waals surface area contributed by atoms with Crippen LogP contribution in [0.2, 0.25) is 0 Å². The van der Waals surface area contributed by atoms with Gasteiger partial charge in [-0.2, -0.15) is 0 Å². The van der Waals surface area contributed by atoms with Gasteiger partial charge in [0.05, 0.1) is 11.0 Å². The SMILES string of the molecule is C[C@H](c1cccc(-c2ccc3c(c2)c2ccccc2c2ccc(-c4ccc5c(c4)c4ccc(-c6ccc7oc8ccccc8c7c6)cc4n5-c4cccc(-c5ccc6c7ccccc7c7ccccc7c6c5)c4)cc23)c1)[C@H]1Cc2ccccc2-c2cc(-c3ccc4sc5ccccc5c4c3)ccc21. The zero-order chi connectivity index (χ0) is 67.5. The minimum absolute atomic E-state index is 0.268. The molecule has 0 bridgehead atoms. The van der Waals surface area contributed by atoms with Crippen molar-refractivity contribution in [2.75, 3.05) is 0 Å². The fourth-order valence-corrected chi connectivity index (χ4v) is 19.1. The van der Waals surface area contributed by atoms with E-state index in [1.54, 1.807) is 0 Å². The number of benzene rings is 18. The molecule has 103 heavy (non-hydrogen) atoms. The largest absolute Gasteiger partial charge is 0.456 e. The zero-order valence-electron chi connectivity index (χ0n) is 56.5. The molecule has 2 atom stereocenters. The normalized spacial score (nSPS) is 13.5. The lowest BCUT2D eigenvalue weighted by atomic mass is 9.71. The average Bonchev–Trinajstić information content (AvgIpc) is 1.72. The monoisotopic (exact) mass is 1330 g/mol. The topological polar surface area (TPSA) is 18.1 Å². The molecule has 0 amide bonds. The number of thiophene rings is 1. The van der Waals surface area contributed by atoms with Gasteiger partial charge >= 0.3 is 0 Å². The number of para-hydroxylation sites is 1. The van der Waals surface area contributed by atoms with Crippen molar-refractivity contribution < 1.29 is 4.42 Å². The Labute approximate surface area is 598 Å². The maximum Gasteiger partial charge on any atom is 0.135 e. The van der Waals surface area contributed by atoms with Crippen molar-refractivity contribution in [2.24, 2.45) is 0 Å². The Morgan fingerprint density at radius 3 is 1.41 bits per heavy atom. The van der Waals surface area contributed by atoms with Crippen molar-refractivity contribution in [1.82, 2.24) is 4.57 Å². The summed E-state index contributed by atoms with van der Waals surface area (Å²) in [5.74, 6) is 0.578. The van der Waals surface area contributed by atoms with Crippen molar-refractivity contribution in [3.8, 4) is 72.4 Å². The molecule has 0 saturated carbocycles. The van der Waals surface area contributed by atoms with Crippen LogP contribution in [0.1, 0.15) is 35.4 Å². The third kappa shape index (κ3) is 9.12. The standard InChI is InChI=1S/C100H63NOS/c1-59(87-57-71-16-2-3-21-73(71)88-50-65(34-42-82(87)88)69-39-47-100-94(56-69)86-29-11-13-31-99(86)103-100)60-17-14-18-61(48-60)63-35-43-83-90(51-63)79-27-9-7-25-77(79)81-41-33-66(53-91(81)83)67-37-45-95-92(54-67)84-44-36-70(68-38-46-98-93(55-68)85-28-10-12-30-97(85)102-98)58-96(84)101(95)72-20-15-19-62(49-72)64-32-40-80-76-24-5-4-22-74(76)75-23-6-8-26-78(75)89(80)52-64/h2-56,58-59,87H,57H2,1H3/t59-,87-/m1/s1. The molecule has 3 heterocycles. The van der Waals surface area contributed by atoms with Gasteiger partial charge in [0.1, 0.15) is 11.2 Å². The van der Waals surface area contributed by atoms with Crippen LogP contribution >= 0.6 is 11.3 Å². The summed E-state index contributed by atoms with van der Waals surface area (Å²) < 4.78 is 11.5. The third-order valence-corrected chi connectivity index (χ3v) is 24.2. The predicted molar refractivity (Wildman–Crippen MR) is 440 cm³/mol.